The molecule has 0 aromatic heterocycles. The van der Waals surface area contributed by atoms with Crippen molar-refractivity contribution in [2.24, 2.45) is 0 Å². The van der Waals surface area contributed by atoms with E-state index in [4.69, 9.17) is 0 Å². The Bertz CT molecular complexity index is 139. The number of hydrogen-bond acceptors (Lipinski definition) is 2. The second kappa shape index (κ2) is 4.98. The largest absolute Gasteiger partial charge is 0.450 e. The van der Waals surface area contributed by atoms with E-state index in [2.05, 4.69) is 41.9 Å². The van der Waals surface area contributed by atoms with Crippen LogP contribution in [0.3, 0.4) is 0 Å². The maximum absolute atomic E-state index is 10.8. The van der Waals surface area contributed by atoms with Crippen LogP contribution in [0.25, 0.3) is 0 Å². The zero-order valence-corrected chi connectivity index (χ0v) is 9.66. The van der Waals surface area contributed by atoms with Crippen LogP contribution in [-0.2, 0) is 4.74 Å². The molecule has 0 atom stereocenters. The van der Waals surface area contributed by atoms with Gasteiger partial charge in [0.05, 0.1) is 6.61 Å². The molecule has 0 aliphatic carbocycles. The van der Waals surface area contributed by atoms with Gasteiger partial charge in [0.2, 0.25) is 0 Å². The van der Waals surface area contributed by atoms with E-state index in [1.807, 2.05) is 6.92 Å². The molecular formula is C6H11Br2NO2. The molecule has 1 amide bonds. The number of nitrogens with one attached hydrogen (secondary N) is 1. The van der Waals surface area contributed by atoms with Crippen molar-refractivity contribution >= 4 is 38.0 Å². The van der Waals surface area contributed by atoms with Crippen LogP contribution in [-0.4, -0.2) is 16.1 Å². The van der Waals surface area contributed by atoms with E-state index in [-0.39, 0.29) is 0 Å². The first kappa shape index (κ1) is 11.2. The number of ether oxygens (including phenoxy) is 1. The Morgan fingerprint density at radius 1 is 1.55 bits per heavy atom. The number of alkyl carbamates (subject to hydrolysis) is 1. The molecular weight excluding hydrogens is 278 g/mol. The third-order valence-corrected chi connectivity index (χ3v) is 2.52. The molecule has 0 heterocycles. The Balaban J connectivity index is 3.74. The van der Waals surface area contributed by atoms with E-state index in [0.717, 1.165) is 6.42 Å². The molecule has 3 nitrogen and oxygen atoms in total. The molecule has 0 unspecified atom stereocenters. The molecule has 0 rings (SSSR count). The lowest BCUT2D eigenvalue weighted by Crippen LogP contribution is -2.38. The van der Waals surface area contributed by atoms with E-state index < -0.39 is 9.45 Å². The maximum atomic E-state index is 10.8. The van der Waals surface area contributed by atoms with E-state index in [1.165, 1.54) is 0 Å². The summed E-state index contributed by atoms with van der Waals surface area (Å²) in [7, 11) is 0. The van der Waals surface area contributed by atoms with Gasteiger partial charge >= 0.3 is 6.09 Å². The number of halogens is 2. The van der Waals surface area contributed by atoms with E-state index >= 15 is 0 Å². The highest BCUT2D eigenvalue weighted by atomic mass is 79.9. The quantitative estimate of drug-likeness (QED) is 0.640. The van der Waals surface area contributed by atoms with Gasteiger partial charge in [0.1, 0.15) is 0 Å². The number of hydrogen-bond donors (Lipinski definition) is 1. The second-order valence-corrected chi connectivity index (χ2v) is 5.68. The first-order chi connectivity index (χ1) is 5.02. The van der Waals surface area contributed by atoms with Gasteiger partial charge in [-0.3, -0.25) is 5.32 Å². The summed E-state index contributed by atoms with van der Waals surface area (Å²) in [5, 5.41) is 2.58. The number of amides is 1. The van der Waals surface area contributed by atoms with E-state index in [9.17, 15) is 4.79 Å². The number of carbonyl (C=O) groups is 1. The van der Waals surface area contributed by atoms with Crippen molar-refractivity contribution in [3.8, 4) is 0 Å². The van der Waals surface area contributed by atoms with Crippen molar-refractivity contribution in [2.45, 2.75) is 23.6 Å². The van der Waals surface area contributed by atoms with Gasteiger partial charge in [0.15, 0.2) is 3.36 Å². The van der Waals surface area contributed by atoms with Crippen LogP contribution < -0.4 is 5.32 Å². The highest BCUT2D eigenvalue weighted by Gasteiger charge is 2.22. The van der Waals surface area contributed by atoms with Gasteiger partial charge in [0.25, 0.3) is 0 Å². The third kappa shape index (κ3) is 5.49. The molecule has 0 fully saturated rings. The molecule has 0 radical (unpaired) electrons. The summed E-state index contributed by atoms with van der Waals surface area (Å²) in [6.45, 7) is 4.07. The van der Waals surface area contributed by atoms with Gasteiger partial charge < -0.3 is 4.74 Å². The highest BCUT2D eigenvalue weighted by molar-refractivity contribution is 9.25. The number of alkyl halides is 2. The zero-order valence-electron chi connectivity index (χ0n) is 6.49. The van der Waals surface area contributed by atoms with Crippen LogP contribution in [0.4, 0.5) is 4.79 Å². The molecule has 0 saturated heterocycles. The third-order valence-electron chi connectivity index (χ3n) is 1.00. The van der Waals surface area contributed by atoms with Crippen molar-refractivity contribution in [3.05, 3.63) is 0 Å². The molecule has 1 N–H and O–H groups in total. The number of carbonyl (C=O) groups excluding carboxylic acids is 1. The minimum atomic E-state index is -0.535. The van der Waals surface area contributed by atoms with Gasteiger partial charge in [-0.15, -0.1) is 0 Å². The first-order valence-electron chi connectivity index (χ1n) is 3.34. The molecule has 0 aliphatic heterocycles. The predicted molar refractivity (Wildman–Crippen MR) is 51.0 cm³/mol. The summed E-state index contributed by atoms with van der Waals surface area (Å²) in [5.74, 6) is 0. The summed E-state index contributed by atoms with van der Waals surface area (Å²) >= 11 is 6.51. The van der Waals surface area contributed by atoms with E-state index in [1.54, 1.807) is 6.92 Å². The van der Waals surface area contributed by atoms with Crippen molar-refractivity contribution < 1.29 is 9.53 Å². The molecule has 5 heteroatoms. The van der Waals surface area contributed by atoms with Crippen molar-refractivity contribution in [2.75, 3.05) is 6.61 Å². The Kier molecular flexibility index (Phi) is 5.08. The second-order valence-electron chi connectivity index (χ2n) is 1.90. The van der Waals surface area contributed by atoms with Crippen molar-refractivity contribution in [3.63, 3.8) is 0 Å². The molecule has 0 aromatic carbocycles. The molecule has 0 spiro atoms. The lowest BCUT2D eigenvalue weighted by Gasteiger charge is -2.19. The van der Waals surface area contributed by atoms with Crippen LogP contribution in [0.1, 0.15) is 20.3 Å². The standard InChI is InChI=1S/C6H11Br2NO2/c1-3-6(7,8)9-5(10)11-4-2/h3-4H2,1-2H3,(H,9,10). The van der Waals surface area contributed by atoms with Crippen LogP contribution in [0.2, 0.25) is 0 Å². The van der Waals surface area contributed by atoms with E-state index in [0.29, 0.717) is 6.61 Å². The van der Waals surface area contributed by atoms with Crippen molar-refractivity contribution in [1.82, 2.24) is 5.32 Å². The normalized spacial score (nSPS) is 10.9. The SMILES string of the molecule is CCOC(=O)NC(Br)(Br)CC. The fraction of sp³-hybridized carbons (Fsp3) is 0.833. The summed E-state index contributed by atoms with van der Waals surface area (Å²) in [5.41, 5.74) is 0. The van der Waals surface area contributed by atoms with Crippen LogP contribution in [0, 0.1) is 0 Å². The first-order valence-corrected chi connectivity index (χ1v) is 4.93. The van der Waals surface area contributed by atoms with Crippen LogP contribution >= 0.6 is 31.9 Å². The molecule has 11 heavy (non-hydrogen) atoms. The molecule has 0 aliphatic rings. The highest BCUT2D eigenvalue weighted by Crippen LogP contribution is 2.26. The Hall–Kier alpha value is 0.230. The van der Waals surface area contributed by atoms with Crippen molar-refractivity contribution in [1.29, 1.82) is 0 Å². The van der Waals surface area contributed by atoms with Gasteiger partial charge in [-0.2, -0.15) is 0 Å². The fourth-order valence-electron chi connectivity index (χ4n) is 0.405. The minimum absolute atomic E-state index is 0.381. The molecule has 0 bridgehead atoms. The van der Waals surface area contributed by atoms with Gasteiger partial charge in [-0.1, -0.05) is 6.92 Å². The Morgan fingerprint density at radius 2 is 2.09 bits per heavy atom. The Morgan fingerprint density at radius 3 is 2.45 bits per heavy atom. The maximum Gasteiger partial charge on any atom is 0.408 e. The van der Waals surface area contributed by atoms with Crippen LogP contribution in [0.15, 0.2) is 0 Å². The number of rotatable bonds is 3. The summed E-state index contributed by atoms with van der Waals surface area (Å²) in [6, 6.07) is 0. The molecule has 66 valence electrons. The van der Waals surface area contributed by atoms with Gasteiger partial charge in [0, 0.05) is 0 Å². The minimum Gasteiger partial charge on any atom is -0.450 e. The van der Waals surface area contributed by atoms with Gasteiger partial charge in [-0.25, -0.2) is 4.79 Å². The summed E-state index contributed by atoms with van der Waals surface area (Å²) in [4.78, 5) is 10.8. The molecule has 0 aromatic rings. The summed E-state index contributed by atoms with van der Waals surface area (Å²) in [6.07, 6.45) is 0.300. The lowest BCUT2D eigenvalue weighted by molar-refractivity contribution is 0.150. The average molecular weight is 289 g/mol. The Labute approximate surface area is 83.1 Å². The monoisotopic (exact) mass is 287 g/mol. The fourth-order valence-corrected chi connectivity index (χ4v) is 0.729. The zero-order chi connectivity index (χ0) is 8.91. The van der Waals surface area contributed by atoms with Crippen LogP contribution in [0.5, 0.6) is 0 Å². The molecule has 0 saturated carbocycles. The van der Waals surface area contributed by atoms with Gasteiger partial charge in [-0.05, 0) is 45.2 Å². The lowest BCUT2D eigenvalue weighted by atomic mass is 10.5. The average Bonchev–Trinajstić information content (AvgIpc) is 1.87. The topological polar surface area (TPSA) is 38.3 Å². The smallest absolute Gasteiger partial charge is 0.408 e. The predicted octanol–water partition coefficient (Wildman–Crippen LogP) is 2.59. The summed E-state index contributed by atoms with van der Waals surface area (Å²) < 4.78 is 4.13.